The number of benzene rings is 2. The summed E-state index contributed by atoms with van der Waals surface area (Å²) in [5, 5.41) is 12.4. The van der Waals surface area contributed by atoms with Gasteiger partial charge in [-0.15, -0.1) is 0 Å². The van der Waals surface area contributed by atoms with E-state index in [4.69, 9.17) is 9.47 Å². The third kappa shape index (κ3) is 4.26. The van der Waals surface area contributed by atoms with Crippen LogP contribution in [0.5, 0.6) is 11.5 Å². The zero-order chi connectivity index (χ0) is 17.7. The first-order valence-electron chi connectivity index (χ1n) is 7.05. The van der Waals surface area contributed by atoms with Gasteiger partial charge in [-0.25, -0.2) is 4.79 Å². The van der Waals surface area contributed by atoms with Crippen LogP contribution in [0.25, 0.3) is 0 Å². The molecule has 2 rings (SSSR count). The quantitative estimate of drug-likeness (QED) is 0.760. The summed E-state index contributed by atoms with van der Waals surface area (Å²) in [5.41, 5.74) is 0.444. The lowest BCUT2D eigenvalue weighted by Gasteiger charge is -2.15. The van der Waals surface area contributed by atoms with Crippen molar-refractivity contribution in [1.29, 1.82) is 0 Å². The first kappa shape index (κ1) is 17.8. The van der Waals surface area contributed by atoms with E-state index in [0.717, 1.165) is 0 Å². The minimum absolute atomic E-state index is 0.0266. The smallest absolute Gasteiger partial charge is 0.342 e. The van der Waals surface area contributed by atoms with E-state index >= 15 is 0 Å². The number of hydrogen-bond donors (Lipinski definition) is 2. The maximum absolute atomic E-state index is 12.2. The van der Waals surface area contributed by atoms with Crippen LogP contribution in [-0.2, 0) is 9.53 Å². The molecule has 6 nitrogen and oxygen atoms in total. The molecule has 0 radical (unpaired) electrons. The summed E-state index contributed by atoms with van der Waals surface area (Å²) >= 11 is 3.21. The van der Waals surface area contributed by atoms with Gasteiger partial charge >= 0.3 is 5.97 Å². The lowest BCUT2D eigenvalue weighted by atomic mass is 10.2. The molecule has 7 heteroatoms. The Morgan fingerprint density at radius 3 is 2.62 bits per heavy atom. The number of halogens is 1. The second-order valence-electron chi connectivity index (χ2n) is 4.90. The maximum atomic E-state index is 12.2. The van der Waals surface area contributed by atoms with E-state index in [1.165, 1.54) is 26.2 Å². The standard InChI is InChI=1S/C17H16BrNO5/c1-10(16(21)19-13-5-3-4-6-15(13)23-2)24-17(22)12-9-11(18)7-8-14(12)20/h3-10,20H,1-2H3,(H,19,21)/t10-/m0/s1. The molecule has 24 heavy (non-hydrogen) atoms. The Bertz CT molecular complexity index is 762. The van der Waals surface area contributed by atoms with Crippen LogP contribution in [0.2, 0.25) is 0 Å². The summed E-state index contributed by atoms with van der Waals surface area (Å²) in [6, 6.07) is 11.3. The molecule has 0 aliphatic heterocycles. The highest BCUT2D eigenvalue weighted by atomic mass is 79.9. The fourth-order valence-corrected chi connectivity index (χ4v) is 2.29. The van der Waals surface area contributed by atoms with Crippen LogP contribution < -0.4 is 10.1 Å². The Labute approximate surface area is 147 Å². The largest absolute Gasteiger partial charge is 0.507 e. The molecule has 126 valence electrons. The van der Waals surface area contributed by atoms with Gasteiger partial charge in [-0.2, -0.15) is 0 Å². The van der Waals surface area contributed by atoms with Crippen LogP contribution in [0.3, 0.4) is 0 Å². The van der Waals surface area contributed by atoms with Crippen LogP contribution in [0, 0.1) is 0 Å². The number of rotatable bonds is 5. The maximum Gasteiger partial charge on any atom is 0.342 e. The van der Waals surface area contributed by atoms with Crippen molar-refractivity contribution >= 4 is 33.5 Å². The molecule has 0 unspecified atom stereocenters. The number of nitrogens with one attached hydrogen (secondary N) is 1. The number of hydrogen-bond acceptors (Lipinski definition) is 5. The number of aromatic hydroxyl groups is 1. The number of phenols is 1. The number of amides is 1. The molecule has 2 aromatic carbocycles. The Balaban J connectivity index is 2.06. The second kappa shape index (κ2) is 7.83. The van der Waals surface area contributed by atoms with Gasteiger partial charge in [0.15, 0.2) is 6.10 Å². The number of anilines is 1. The minimum atomic E-state index is -1.05. The van der Waals surface area contributed by atoms with Crippen molar-refractivity contribution in [3.63, 3.8) is 0 Å². The van der Waals surface area contributed by atoms with Crippen molar-refractivity contribution in [2.75, 3.05) is 12.4 Å². The molecule has 0 bridgehead atoms. The Morgan fingerprint density at radius 2 is 1.92 bits per heavy atom. The topological polar surface area (TPSA) is 84.9 Å². The van der Waals surface area contributed by atoms with Crippen molar-refractivity contribution < 1.29 is 24.2 Å². The molecule has 0 saturated heterocycles. The van der Waals surface area contributed by atoms with E-state index in [1.54, 1.807) is 30.3 Å². The normalized spacial score (nSPS) is 11.5. The number of carbonyl (C=O) groups excluding carboxylic acids is 2. The molecule has 0 aliphatic rings. The van der Waals surface area contributed by atoms with Gasteiger partial charge in [0.05, 0.1) is 12.8 Å². The summed E-state index contributed by atoms with van der Waals surface area (Å²) in [6.45, 7) is 1.44. The molecule has 0 fully saturated rings. The molecule has 0 heterocycles. The molecule has 1 amide bonds. The molecular weight excluding hydrogens is 378 g/mol. The van der Waals surface area contributed by atoms with E-state index in [9.17, 15) is 14.7 Å². The summed E-state index contributed by atoms with van der Waals surface area (Å²) < 4.78 is 10.9. The number of phenolic OH excluding ortho intramolecular Hbond substituents is 1. The second-order valence-corrected chi connectivity index (χ2v) is 5.81. The van der Waals surface area contributed by atoms with Gasteiger partial charge in [0.2, 0.25) is 0 Å². The molecule has 0 spiro atoms. The van der Waals surface area contributed by atoms with Gasteiger partial charge in [0.1, 0.15) is 17.1 Å². The number of para-hydroxylation sites is 2. The lowest BCUT2D eigenvalue weighted by Crippen LogP contribution is -2.30. The molecule has 0 aromatic heterocycles. The zero-order valence-electron chi connectivity index (χ0n) is 13.1. The first-order valence-corrected chi connectivity index (χ1v) is 7.85. The molecule has 0 saturated carbocycles. The van der Waals surface area contributed by atoms with Gasteiger partial charge in [0.25, 0.3) is 5.91 Å². The van der Waals surface area contributed by atoms with Gasteiger partial charge in [-0.05, 0) is 37.3 Å². The Kier molecular flexibility index (Phi) is 5.81. The summed E-state index contributed by atoms with van der Waals surface area (Å²) in [6.07, 6.45) is -1.05. The average Bonchev–Trinajstić information content (AvgIpc) is 2.57. The summed E-state index contributed by atoms with van der Waals surface area (Å²) in [5.74, 6) is -1.03. The summed E-state index contributed by atoms with van der Waals surface area (Å²) in [4.78, 5) is 24.3. The van der Waals surface area contributed by atoms with E-state index < -0.39 is 18.0 Å². The van der Waals surface area contributed by atoms with Gasteiger partial charge in [-0.1, -0.05) is 28.1 Å². The Morgan fingerprint density at radius 1 is 1.21 bits per heavy atom. The average molecular weight is 394 g/mol. The third-order valence-corrected chi connectivity index (χ3v) is 3.69. The predicted octanol–water partition coefficient (Wildman–Crippen LogP) is 3.35. The van der Waals surface area contributed by atoms with E-state index in [1.807, 2.05) is 0 Å². The molecule has 0 aliphatic carbocycles. The van der Waals surface area contributed by atoms with Crippen LogP contribution >= 0.6 is 15.9 Å². The van der Waals surface area contributed by atoms with Crippen LogP contribution in [0.15, 0.2) is 46.9 Å². The van der Waals surface area contributed by atoms with Crippen LogP contribution in [-0.4, -0.2) is 30.2 Å². The molecule has 2 N–H and O–H groups in total. The van der Waals surface area contributed by atoms with Crippen molar-refractivity contribution in [3.8, 4) is 11.5 Å². The number of methoxy groups -OCH3 is 1. The van der Waals surface area contributed by atoms with Crippen LogP contribution in [0.4, 0.5) is 5.69 Å². The van der Waals surface area contributed by atoms with Crippen molar-refractivity contribution in [1.82, 2.24) is 0 Å². The molecule has 2 aromatic rings. The number of carbonyl (C=O) groups is 2. The first-order chi connectivity index (χ1) is 11.4. The zero-order valence-corrected chi connectivity index (χ0v) is 14.7. The molecule has 1 atom stereocenters. The van der Waals surface area contributed by atoms with E-state index in [-0.39, 0.29) is 11.3 Å². The predicted molar refractivity (Wildman–Crippen MR) is 92.3 cm³/mol. The monoisotopic (exact) mass is 393 g/mol. The van der Waals surface area contributed by atoms with Crippen LogP contribution in [0.1, 0.15) is 17.3 Å². The van der Waals surface area contributed by atoms with E-state index in [2.05, 4.69) is 21.2 Å². The van der Waals surface area contributed by atoms with E-state index in [0.29, 0.717) is 15.9 Å². The third-order valence-electron chi connectivity index (χ3n) is 3.20. The fraction of sp³-hybridized carbons (Fsp3) is 0.176. The highest BCUT2D eigenvalue weighted by Crippen LogP contribution is 2.25. The SMILES string of the molecule is COc1ccccc1NC(=O)[C@H](C)OC(=O)c1cc(Br)ccc1O. The lowest BCUT2D eigenvalue weighted by molar-refractivity contribution is -0.123. The fourth-order valence-electron chi connectivity index (χ4n) is 1.93. The Hall–Kier alpha value is -2.54. The van der Waals surface area contributed by atoms with Crippen molar-refractivity contribution in [2.24, 2.45) is 0 Å². The van der Waals surface area contributed by atoms with Gasteiger partial charge in [-0.3, -0.25) is 4.79 Å². The summed E-state index contributed by atoms with van der Waals surface area (Å²) in [7, 11) is 1.49. The highest BCUT2D eigenvalue weighted by Gasteiger charge is 2.22. The number of esters is 1. The molecular formula is C17H16BrNO5. The van der Waals surface area contributed by atoms with Crippen molar-refractivity contribution in [2.45, 2.75) is 13.0 Å². The highest BCUT2D eigenvalue weighted by molar-refractivity contribution is 9.10. The van der Waals surface area contributed by atoms with Gasteiger partial charge in [0, 0.05) is 4.47 Å². The minimum Gasteiger partial charge on any atom is -0.507 e. The van der Waals surface area contributed by atoms with Crippen molar-refractivity contribution in [3.05, 3.63) is 52.5 Å². The number of ether oxygens (including phenoxy) is 2. The van der Waals surface area contributed by atoms with Gasteiger partial charge < -0.3 is 19.9 Å².